The molecule has 368 valence electrons. The topological polar surface area (TPSA) is 373 Å². The molecule has 1 aromatic heterocycles. The van der Waals surface area contributed by atoms with Gasteiger partial charge in [-0.25, -0.2) is 9.59 Å². The Hall–Kier alpha value is -5.33. The van der Waals surface area contributed by atoms with Crippen LogP contribution in [0, 0.1) is 0 Å². The molecule has 0 saturated carbocycles. The van der Waals surface area contributed by atoms with Crippen LogP contribution in [-0.4, -0.2) is 209 Å². The lowest BCUT2D eigenvalue weighted by atomic mass is 9.95. The van der Waals surface area contributed by atoms with Crippen LogP contribution in [0.15, 0.2) is 72.8 Å². The molecule has 0 unspecified atom stereocenters. The zero-order valence-corrected chi connectivity index (χ0v) is 35.7. The molecule has 4 aromatic rings. The fourth-order valence-corrected chi connectivity index (χ4v) is 8.64. The van der Waals surface area contributed by atoms with Gasteiger partial charge in [0.05, 0.1) is 26.2 Å². The zero-order valence-electron chi connectivity index (χ0n) is 35.7. The highest BCUT2D eigenvalue weighted by atomic mass is 16.8. The van der Waals surface area contributed by atoms with Gasteiger partial charge >= 0.3 is 12.1 Å². The van der Waals surface area contributed by atoms with Gasteiger partial charge < -0.3 is 95.0 Å². The summed E-state index contributed by atoms with van der Waals surface area (Å²) in [5, 5.41) is 118. The van der Waals surface area contributed by atoms with Gasteiger partial charge in [-0.2, -0.15) is 0 Å². The van der Waals surface area contributed by atoms with E-state index in [9.17, 15) is 65.4 Å². The minimum absolute atomic E-state index is 0.146. The van der Waals surface area contributed by atoms with E-state index in [0.29, 0.717) is 5.52 Å². The van der Waals surface area contributed by atoms with E-state index in [2.05, 4.69) is 20.9 Å². The summed E-state index contributed by atoms with van der Waals surface area (Å²) in [6.07, 6.45) is -29.2. The van der Waals surface area contributed by atoms with Gasteiger partial charge in [0.2, 0.25) is 5.91 Å². The van der Waals surface area contributed by atoms with Crippen molar-refractivity contribution >= 4 is 29.0 Å². The van der Waals surface area contributed by atoms with Gasteiger partial charge in [0.25, 0.3) is 0 Å². The summed E-state index contributed by atoms with van der Waals surface area (Å²) >= 11 is 0. The number of fused-ring (bicyclic) bond motifs is 4. The van der Waals surface area contributed by atoms with Crippen molar-refractivity contribution in [1.29, 1.82) is 0 Å². The quantitative estimate of drug-likeness (QED) is 0.0498. The molecular weight excluding hydrogens is 906 g/mol. The fraction of sp³-hybridized carbons (Fsp3) is 0.512. The number of hydrogen-bond acceptors (Lipinski definition) is 22. The molecular formula is C43H51N5O20. The lowest BCUT2D eigenvalue weighted by molar-refractivity contribution is -0.373. The Bertz CT molecular complexity index is 2340. The molecule has 12 N–H and O–H groups in total. The van der Waals surface area contributed by atoms with Crippen molar-refractivity contribution in [2.75, 3.05) is 26.4 Å². The molecule has 3 fully saturated rings. The van der Waals surface area contributed by atoms with Crippen LogP contribution < -0.4 is 15.5 Å². The minimum Gasteiger partial charge on any atom is -0.449 e. The maximum absolute atomic E-state index is 13.7. The summed E-state index contributed by atoms with van der Waals surface area (Å²) in [6.45, 7) is -2.81. The van der Waals surface area contributed by atoms with E-state index in [-0.39, 0.29) is 18.0 Å². The SMILES string of the molecule is O=C(C[C@H](NC(=O)OCC1c2ccccc2-c2ccccc21)C(=O)On1nnc2ccccc21)N[C@@H]1O[C@H](CO)[C@@H](O[C@H]2O[C@H](CO)[C@@H](O[C@H]3O[C@H](CO)[C@@H](O)[C@H](O)[C@H]3O)[C@H](O)[C@H]2O)[C@H](O)[C@H]1O. The maximum Gasteiger partial charge on any atom is 0.407 e. The number of benzene rings is 3. The smallest absolute Gasteiger partial charge is 0.407 e. The molecule has 0 spiro atoms. The largest absolute Gasteiger partial charge is 0.449 e. The van der Waals surface area contributed by atoms with Crippen molar-refractivity contribution in [2.45, 2.75) is 110 Å². The van der Waals surface area contributed by atoms with Gasteiger partial charge in [-0.3, -0.25) is 4.79 Å². The summed E-state index contributed by atoms with van der Waals surface area (Å²) in [6, 6.07) is 19.9. The number of nitrogens with zero attached hydrogens (tertiary/aromatic N) is 3. The number of ether oxygens (including phenoxy) is 6. The molecule has 4 aliphatic rings. The van der Waals surface area contributed by atoms with Crippen LogP contribution in [0.2, 0.25) is 0 Å². The molecule has 1 aliphatic carbocycles. The van der Waals surface area contributed by atoms with Crippen LogP contribution in [0.1, 0.15) is 23.5 Å². The van der Waals surface area contributed by atoms with E-state index in [1.165, 1.54) is 0 Å². The van der Waals surface area contributed by atoms with Crippen molar-refractivity contribution in [3.05, 3.63) is 83.9 Å². The lowest BCUT2D eigenvalue weighted by Gasteiger charge is -2.48. The van der Waals surface area contributed by atoms with E-state index in [4.69, 9.17) is 33.3 Å². The number of amides is 2. The van der Waals surface area contributed by atoms with E-state index in [1.54, 1.807) is 24.3 Å². The standard InChI is InChI=1S/C43H51N5O20/c49-14-26-30(53)31(54)35(58)41(64-26)67-38-28(16-51)65-42(36(59)33(38)56)66-37-27(15-50)63-39(34(57)32(37)55)45-29(52)13-24(40(60)68-48-25-12-6-5-11-23(25)46-47-48)44-43(61)62-17-22-20-9-3-1-7-18(20)19-8-2-4-10-21(19)22/h1-12,22,24,26-28,30-39,41-42,49-51,53-59H,13-17H2,(H,44,61)(H,45,52)/t24-,26+,27+,28+,30+,31-,32+,33+,34+,35+,36+,37+,38+,39+,41+,42+/m0/s1. The summed E-state index contributed by atoms with van der Waals surface area (Å²) in [5.74, 6) is -2.59. The van der Waals surface area contributed by atoms with E-state index in [0.717, 1.165) is 27.1 Å². The monoisotopic (exact) mass is 957 g/mol. The van der Waals surface area contributed by atoms with E-state index < -0.39 is 142 Å². The summed E-state index contributed by atoms with van der Waals surface area (Å²) < 4.78 is 33.5. The molecule has 25 heteroatoms. The molecule has 0 radical (unpaired) electrons. The van der Waals surface area contributed by atoms with Crippen LogP contribution in [0.4, 0.5) is 4.79 Å². The minimum atomic E-state index is -2.06. The summed E-state index contributed by atoms with van der Waals surface area (Å²) in [5.41, 5.74) is 4.41. The Kier molecular flexibility index (Phi) is 15.3. The van der Waals surface area contributed by atoms with Crippen molar-refractivity contribution in [2.24, 2.45) is 0 Å². The molecule has 3 aromatic carbocycles. The van der Waals surface area contributed by atoms with Crippen molar-refractivity contribution in [3.8, 4) is 11.1 Å². The van der Waals surface area contributed by atoms with Crippen LogP contribution in [0.5, 0.6) is 0 Å². The van der Waals surface area contributed by atoms with Gasteiger partial charge in [0.15, 0.2) is 18.8 Å². The van der Waals surface area contributed by atoms with E-state index >= 15 is 0 Å². The molecule has 16 atom stereocenters. The van der Waals surface area contributed by atoms with Crippen LogP contribution in [-0.2, 0) is 38.0 Å². The van der Waals surface area contributed by atoms with Crippen molar-refractivity contribution in [1.82, 2.24) is 25.8 Å². The number of hydrogen-bond donors (Lipinski definition) is 12. The predicted octanol–water partition coefficient (Wildman–Crippen LogP) is -4.75. The molecule has 68 heavy (non-hydrogen) atoms. The number of rotatable bonds is 15. The Morgan fingerprint density at radius 3 is 1.82 bits per heavy atom. The number of aliphatic hydroxyl groups excluding tert-OH is 10. The Morgan fingerprint density at radius 2 is 1.19 bits per heavy atom. The Morgan fingerprint density at radius 1 is 0.647 bits per heavy atom. The highest BCUT2D eigenvalue weighted by Gasteiger charge is 2.53. The number of aromatic nitrogens is 3. The predicted molar refractivity (Wildman–Crippen MR) is 223 cm³/mol. The average Bonchev–Trinajstić information content (AvgIpc) is 3.90. The number of para-hydroxylation sites is 1. The first-order valence-corrected chi connectivity index (χ1v) is 21.5. The van der Waals surface area contributed by atoms with Crippen molar-refractivity contribution in [3.63, 3.8) is 0 Å². The van der Waals surface area contributed by atoms with Crippen molar-refractivity contribution < 1.29 is 98.7 Å². The van der Waals surface area contributed by atoms with Gasteiger partial charge in [-0.05, 0) is 39.6 Å². The first-order chi connectivity index (χ1) is 32.7. The number of nitrogens with one attached hydrogen (secondary N) is 2. The van der Waals surface area contributed by atoms with Gasteiger partial charge in [0.1, 0.15) is 96.9 Å². The lowest BCUT2D eigenvalue weighted by Crippen LogP contribution is -2.67. The molecule has 0 bridgehead atoms. The Labute approximate surface area is 384 Å². The normalized spacial score (nSPS) is 33.0. The first-order valence-electron chi connectivity index (χ1n) is 21.5. The number of aliphatic hydroxyl groups is 10. The average molecular weight is 958 g/mol. The second-order valence-corrected chi connectivity index (χ2v) is 16.5. The fourth-order valence-electron chi connectivity index (χ4n) is 8.64. The number of carbonyl (C=O) groups is 3. The van der Waals surface area contributed by atoms with Gasteiger partial charge in [0, 0.05) is 5.92 Å². The third-order valence-corrected chi connectivity index (χ3v) is 12.2. The highest BCUT2D eigenvalue weighted by Crippen LogP contribution is 2.44. The number of alkyl carbamates (subject to hydrolysis) is 1. The molecule has 25 nitrogen and oxygen atoms in total. The Balaban J connectivity index is 0.915. The molecule has 3 aliphatic heterocycles. The second-order valence-electron chi connectivity index (χ2n) is 16.5. The second kappa shape index (κ2) is 21.1. The molecule has 2 amide bonds. The van der Waals surface area contributed by atoms with Crippen LogP contribution >= 0.6 is 0 Å². The highest BCUT2D eigenvalue weighted by molar-refractivity contribution is 5.88. The molecule has 3 saturated heterocycles. The van der Waals surface area contributed by atoms with E-state index in [1.807, 2.05) is 48.5 Å². The number of carbonyl (C=O) groups excluding carboxylic acids is 3. The molecule has 4 heterocycles. The third-order valence-electron chi connectivity index (χ3n) is 12.2. The molecule has 8 rings (SSSR count). The summed E-state index contributed by atoms with van der Waals surface area (Å²) in [7, 11) is 0. The summed E-state index contributed by atoms with van der Waals surface area (Å²) in [4.78, 5) is 46.9. The van der Waals surface area contributed by atoms with Gasteiger partial charge in [-0.1, -0.05) is 65.5 Å². The van der Waals surface area contributed by atoms with Crippen LogP contribution in [0.25, 0.3) is 22.2 Å². The third kappa shape index (κ3) is 9.91. The van der Waals surface area contributed by atoms with Crippen LogP contribution in [0.3, 0.4) is 0 Å². The maximum atomic E-state index is 13.7. The zero-order chi connectivity index (χ0) is 48.4. The van der Waals surface area contributed by atoms with Gasteiger partial charge in [-0.15, -0.1) is 5.10 Å². The first kappa shape index (κ1) is 49.1.